The maximum atomic E-state index is 12.1. The van der Waals surface area contributed by atoms with Crippen LogP contribution in [0.2, 0.25) is 0 Å². The SMILES string of the molecule is COc1cccc(NC(=O)N2CCCC(C(=O)O)C2)c1. The molecule has 1 heterocycles. The number of aliphatic carboxylic acids is 1. The molecule has 0 radical (unpaired) electrons. The standard InChI is InChI=1S/C14H18N2O4/c1-20-12-6-2-5-11(8-12)15-14(19)16-7-3-4-10(9-16)13(17)18/h2,5-6,8,10H,3-4,7,9H2,1H3,(H,15,19)(H,17,18). The van der Waals surface area contributed by atoms with E-state index < -0.39 is 11.9 Å². The predicted molar refractivity (Wildman–Crippen MR) is 73.9 cm³/mol. The van der Waals surface area contributed by atoms with E-state index in [9.17, 15) is 9.59 Å². The lowest BCUT2D eigenvalue weighted by Crippen LogP contribution is -2.44. The predicted octanol–water partition coefficient (Wildman–Crippen LogP) is 2.02. The van der Waals surface area contributed by atoms with Crippen molar-refractivity contribution in [2.45, 2.75) is 12.8 Å². The van der Waals surface area contributed by atoms with Crippen LogP contribution < -0.4 is 10.1 Å². The van der Waals surface area contributed by atoms with Gasteiger partial charge < -0.3 is 20.1 Å². The van der Waals surface area contributed by atoms with Crippen molar-refractivity contribution in [2.75, 3.05) is 25.5 Å². The minimum Gasteiger partial charge on any atom is -0.497 e. The third kappa shape index (κ3) is 3.40. The van der Waals surface area contributed by atoms with Crippen LogP contribution in [0.4, 0.5) is 10.5 Å². The van der Waals surface area contributed by atoms with Crippen LogP contribution in [0.1, 0.15) is 12.8 Å². The van der Waals surface area contributed by atoms with Gasteiger partial charge in [0.25, 0.3) is 0 Å². The van der Waals surface area contributed by atoms with Crippen molar-refractivity contribution in [3.63, 3.8) is 0 Å². The van der Waals surface area contributed by atoms with E-state index in [0.717, 1.165) is 0 Å². The number of ether oxygens (including phenoxy) is 1. The fraction of sp³-hybridized carbons (Fsp3) is 0.429. The Hall–Kier alpha value is -2.24. The molecule has 0 bridgehead atoms. The zero-order valence-corrected chi connectivity index (χ0v) is 11.3. The molecule has 2 amide bonds. The highest BCUT2D eigenvalue weighted by atomic mass is 16.5. The second kappa shape index (κ2) is 6.27. The van der Waals surface area contributed by atoms with Gasteiger partial charge in [0.15, 0.2) is 0 Å². The fourth-order valence-corrected chi connectivity index (χ4v) is 2.27. The van der Waals surface area contributed by atoms with Crippen molar-refractivity contribution in [2.24, 2.45) is 5.92 Å². The molecule has 1 fully saturated rings. The molecule has 2 rings (SSSR count). The Morgan fingerprint density at radius 3 is 2.95 bits per heavy atom. The number of hydrogen-bond acceptors (Lipinski definition) is 3. The van der Waals surface area contributed by atoms with Crippen LogP contribution in [0.25, 0.3) is 0 Å². The van der Waals surface area contributed by atoms with E-state index in [2.05, 4.69) is 5.32 Å². The van der Waals surface area contributed by atoms with E-state index in [4.69, 9.17) is 9.84 Å². The highest BCUT2D eigenvalue weighted by molar-refractivity contribution is 5.90. The number of carbonyl (C=O) groups is 2. The van der Waals surface area contributed by atoms with Gasteiger partial charge in [-0.2, -0.15) is 0 Å². The van der Waals surface area contributed by atoms with Crippen molar-refractivity contribution < 1.29 is 19.4 Å². The van der Waals surface area contributed by atoms with E-state index in [-0.39, 0.29) is 12.6 Å². The molecule has 0 aromatic heterocycles. The zero-order chi connectivity index (χ0) is 14.5. The first kappa shape index (κ1) is 14.2. The third-order valence-corrected chi connectivity index (χ3v) is 3.38. The summed E-state index contributed by atoms with van der Waals surface area (Å²) in [5.74, 6) is -0.659. The maximum Gasteiger partial charge on any atom is 0.321 e. The summed E-state index contributed by atoms with van der Waals surface area (Å²) in [6.07, 6.45) is 1.33. The van der Waals surface area contributed by atoms with Crippen LogP contribution in [-0.2, 0) is 4.79 Å². The number of benzene rings is 1. The van der Waals surface area contributed by atoms with Crippen LogP contribution in [0.3, 0.4) is 0 Å². The fourth-order valence-electron chi connectivity index (χ4n) is 2.27. The number of rotatable bonds is 3. The number of methoxy groups -OCH3 is 1. The van der Waals surface area contributed by atoms with Gasteiger partial charge in [-0.3, -0.25) is 4.79 Å². The van der Waals surface area contributed by atoms with Gasteiger partial charge in [-0.15, -0.1) is 0 Å². The lowest BCUT2D eigenvalue weighted by Gasteiger charge is -2.30. The van der Waals surface area contributed by atoms with Gasteiger partial charge in [-0.25, -0.2) is 4.79 Å². The molecule has 1 atom stereocenters. The van der Waals surface area contributed by atoms with Crippen LogP contribution in [0.15, 0.2) is 24.3 Å². The molecule has 2 N–H and O–H groups in total. The number of nitrogens with zero attached hydrogens (tertiary/aromatic N) is 1. The number of likely N-dealkylation sites (tertiary alicyclic amines) is 1. The molecule has 1 saturated heterocycles. The minimum absolute atomic E-state index is 0.255. The summed E-state index contributed by atoms with van der Waals surface area (Å²) in [5.41, 5.74) is 0.631. The first-order valence-corrected chi connectivity index (χ1v) is 6.53. The molecule has 1 unspecified atom stereocenters. The lowest BCUT2D eigenvalue weighted by molar-refractivity contribution is -0.143. The summed E-state index contributed by atoms with van der Waals surface area (Å²) in [5, 5.41) is 11.8. The number of piperidine rings is 1. The third-order valence-electron chi connectivity index (χ3n) is 3.38. The topological polar surface area (TPSA) is 78.9 Å². The minimum atomic E-state index is -0.844. The molecule has 6 nitrogen and oxygen atoms in total. The Morgan fingerprint density at radius 1 is 1.45 bits per heavy atom. The van der Waals surface area contributed by atoms with Crippen molar-refractivity contribution in [3.8, 4) is 5.75 Å². The van der Waals surface area contributed by atoms with Crippen LogP contribution in [-0.4, -0.2) is 42.2 Å². The Kier molecular flexibility index (Phi) is 4.45. The van der Waals surface area contributed by atoms with Crippen molar-refractivity contribution in [1.82, 2.24) is 4.90 Å². The van der Waals surface area contributed by atoms with Gasteiger partial charge in [0, 0.05) is 24.8 Å². The van der Waals surface area contributed by atoms with E-state index in [1.165, 1.54) is 0 Å². The Bertz CT molecular complexity index is 504. The number of carboxylic acid groups (broad SMARTS) is 1. The van der Waals surface area contributed by atoms with Gasteiger partial charge in [-0.05, 0) is 25.0 Å². The number of urea groups is 1. The normalized spacial score (nSPS) is 18.4. The summed E-state index contributed by atoms with van der Waals surface area (Å²) in [6.45, 7) is 0.838. The molecule has 1 aliphatic heterocycles. The van der Waals surface area contributed by atoms with E-state index >= 15 is 0 Å². The maximum absolute atomic E-state index is 12.1. The quantitative estimate of drug-likeness (QED) is 0.886. The second-order valence-electron chi connectivity index (χ2n) is 4.79. The molecule has 20 heavy (non-hydrogen) atoms. The van der Waals surface area contributed by atoms with Crippen molar-refractivity contribution in [1.29, 1.82) is 0 Å². The van der Waals surface area contributed by atoms with Crippen molar-refractivity contribution >= 4 is 17.7 Å². The molecule has 1 aromatic rings. The van der Waals surface area contributed by atoms with Gasteiger partial charge >= 0.3 is 12.0 Å². The van der Waals surface area contributed by atoms with Crippen LogP contribution in [0, 0.1) is 5.92 Å². The van der Waals surface area contributed by atoms with Crippen LogP contribution >= 0.6 is 0 Å². The Balaban J connectivity index is 1.98. The molecule has 0 spiro atoms. The molecular weight excluding hydrogens is 260 g/mol. The summed E-state index contributed by atoms with van der Waals surface area (Å²) >= 11 is 0. The highest BCUT2D eigenvalue weighted by Gasteiger charge is 2.28. The van der Waals surface area contributed by atoms with E-state index in [0.29, 0.717) is 30.8 Å². The van der Waals surface area contributed by atoms with Crippen molar-refractivity contribution in [3.05, 3.63) is 24.3 Å². The van der Waals surface area contributed by atoms with Crippen LogP contribution in [0.5, 0.6) is 5.75 Å². The zero-order valence-electron chi connectivity index (χ0n) is 11.3. The molecule has 0 saturated carbocycles. The highest BCUT2D eigenvalue weighted by Crippen LogP contribution is 2.20. The van der Waals surface area contributed by atoms with Gasteiger partial charge in [0.05, 0.1) is 13.0 Å². The first-order chi connectivity index (χ1) is 9.60. The number of nitrogens with one attached hydrogen (secondary N) is 1. The first-order valence-electron chi connectivity index (χ1n) is 6.53. The number of hydrogen-bond donors (Lipinski definition) is 2. The number of amides is 2. The summed E-state index contributed by atoms with van der Waals surface area (Å²) in [6, 6.07) is 6.78. The average Bonchev–Trinajstić information content (AvgIpc) is 2.47. The summed E-state index contributed by atoms with van der Waals surface area (Å²) < 4.78 is 5.09. The number of carbonyl (C=O) groups excluding carboxylic acids is 1. The van der Waals surface area contributed by atoms with E-state index in [1.54, 1.807) is 36.3 Å². The number of anilines is 1. The van der Waals surface area contributed by atoms with Gasteiger partial charge in [0.1, 0.15) is 5.75 Å². The monoisotopic (exact) mass is 278 g/mol. The molecule has 6 heteroatoms. The van der Waals surface area contributed by atoms with Gasteiger partial charge in [-0.1, -0.05) is 6.07 Å². The smallest absolute Gasteiger partial charge is 0.321 e. The van der Waals surface area contributed by atoms with E-state index in [1.807, 2.05) is 0 Å². The largest absolute Gasteiger partial charge is 0.497 e. The van der Waals surface area contributed by atoms with Gasteiger partial charge in [0.2, 0.25) is 0 Å². The second-order valence-corrected chi connectivity index (χ2v) is 4.79. The molecule has 0 aliphatic carbocycles. The molecule has 1 aromatic carbocycles. The molecule has 108 valence electrons. The molecular formula is C14H18N2O4. The summed E-state index contributed by atoms with van der Waals surface area (Å²) in [7, 11) is 1.56. The molecule has 1 aliphatic rings. The average molecular weight is 278 g/mol. The Labute approximate surface area is 117 Å². The number of carboxylic acids is 1. The summed E-state index contributed by atoms with van der Waals surface area (Å²) in [4.78, 5) is 24.6. The lowest BCUT2D eigenvalue weighted by atomic mass is 9.99. The Morgan fingerprint density at radius 2 is 2.25 bits per heavy atom.